The topological polar surface area (TPSA) is 237 Å². The normalized spacial score (nSPS) is 14.3. The van der Waals surface area contributed by atoms with Crippen molar-refractivity contribution in [3.05, 3.63) is 0 Å². The van der Waals surface area contributed by atoms with Gasteiger partial charge in [-0.25, -0.2) is 9.13 Å². The van der Waals surface area contributed by atoms with Crippen LogP contribution >= 0.6 is 15.6 Å². The summed E-state index contributed by atoms with van der Waals surface area (Å²) in [5.41, 5.74) is 0. The standard InChI is InChI=1S/C76H148O17P2/c1-7-10-12-14-16-18-20-22-24-26-27-29-31-33-35-40-48-54-60-75(80)92-71(64-86-73(78)58-52-46-39-34-32-30-28-25-23-21-19-17-15-13-11-8-2)66-90-94(82,83)88-62-70(77)63-89-95(84,85)91-67-72(65-87-74(79)59-53-47-43-42-45-51-57-69(6)9-3)93-76(81)61-55-49-41-37-36-38-44-50-56-68(4)5/h68-72,77H,7-67H2,1-6H3,(H,82,83)(H,84,85)/t69?,70-,71-,72-/m1/s1. The van der Waals surface area contributed by atoms with Crippen molar-refractivity contribution in [3.63, 3.8) is 0 Å². The molecule has 0 rings (SSSR count). The van der Waals surface area contributed by atoms with Crippen LogP contribution in [0.25, 0.3) is 0 Å². The first-order chi connectivity index (χ1) is 45.9. The lowest BCUT2D eigenvalue weighted by Crippen LogP contribution is -2.30. The lowest BCUT2D eigenvalue weighted by atomic mass is 10.00. The molecular formula is C76H148O17P2. The minimum absolute atomic E-state index is 0.104. The number of carbonyl (C=O) groups is 4. The number of esters is 4. The first-order valence-corrected chi connectivity index (χ1v) is 42.5. The lowest BCUT2D eigenvalue weighted by molar-refractivity contribution is -0.161. The SMILES string of the molecule is CCCCCCCCCCCCCCCCCCCCC(=O)O[C@H](COC(=O)CCCCCCCCCCCCCCCCCC)COP(=O)(O)OC[C@@H](O)COP(=O)(O)OC[C@@H](COC(=O)CCCCCCCCC(C)CC)OC(=O)CCCCCCCCCCC(C)C. The Morgan fingerprint density at radius 1 is 0.305 bits per heavy atom. The molecular weight excluding hydrogens is 1250 g/mol. The average Bonchev–Trinajstić information content (AvgIpc) is 2.26. The van der Waals surface area contributed by atoms with Crippen LogP contribution in [0.5, 0.6) is 0 Å². The third kappa shape index (κ3) is 69.0. The molecule has 0 saturated carbocycles. The molecule has 0 saturated heterocycles. The van der Waals surface area contributed by atoms with Crippen molar-refractivity contribution in [3.8, 4) is 0 Å². The predicted octanol–water partition coefficient (Wildman–Crippen LogP) is 22.3. The van der Waals surface area contributed by atoms with E-state index < -0.39 is 97.5 Å². The third-order valence-electron chi connectivity index (χ3n) is 18.1. The van der Waals surface area contributed by atoms with E-state index in [0.29, 0.717) is 25.7 Å². The first kappa shape index (κ1) is 93.1. The highest BCUT2D eigenvalue weighted by Gasteiger charge is 2.30. The molecule has 0 fully saturated rings. The Bertz CT molecular complexity index is 1840. The molecule has 0 radical (unpaired) electrons. The summed E-state index contributed by atoms with van der Waals surface area (Å²) in [6.07, 6.45) is 55.6. The van der Waals surface area contributed by atoms with Gasteiger partial charge in [0.2, 0.25) is 0 Å². The van der Waals surface area contributed by atoms with Gasteiger partial charge in [0.25, 0.3) is 0 Å². The summed E-state index contributed by atoms with van der Waals surface area (Å²) in [5.74, 6) is -0.669. The Balaban J connectivity index is 5.23. The molecule has 6 atom stereocenters. The smallest absolute Gasteiger partial charge is 0.462 e. The summed E-state index contributed by atoms with van der Waals surface area (Å²) < 4.78 is 68.5. The summed E-state index contributed by atoms with van der Waals surface area (Å²) in [6, 6.07) is 0. The number of ether oxygens (including phenoxy) is 4. The number of unbranched alkanes of at least 4 members (excludes halogenated alkanes) is 44. The Morgan fingerprint density at radius 2 is 0.537 bits per heavy atom. The number of rotatable bonds is 75. The number of phosphoric acid groups is 2. The third-order valence-corrected chi connectivity index (χ3v) is 20.0. The van der Waals surface area contributed by atoms with E-state index in [1.807, 2.05) is 0 Å². The summed E-state index contributed by atoms with van der Waals surface area (Å²) >= 11 is 0. The van der Waals surface area contributed by atoms with Crippen LogP contribution in [0.3, 0.4) is 0 Å². The van der Waals surface area contributed by atoms with Gasteiger partial charge in [-0.1, -0.05) is 343 Å². The Morgan fingerprint density at radius 3 is 0.800 bits per heavy atom. The molecule has 0 aliphatic rings. The number of carbonyl (C=O) groups excluding carboxylic acids is 4. The zero-order chi connectivity index (χ0) is 70.0. The highest BCUT2D eigenvalue weighted by Crippen LogP contribution is 2.45. The van der Waals surface area contributed by atoms with Gasteiger partial charge in [0.05, 0.1) is 26.4 Å². The molecule has 0 amide bonds. The fraction of sp³-hybridized carbons (Fsp3) is 0.947. The van der Waals surface area contributed by atoms with Crippen molar-refractivity contribution in [2.24, 2.45) is 11.8 Å². The molecule has 17 nitrogen and oxygen atoms in total. The number of phosphoric ester groups is 2. The van der Waals surface area contributed by atoms with E-state index in [2.05, 4.69) is 41.5 Å². The summed E-state index contributed by atoms with van der Waals surface area (Å²) in [4.78, 5) is 72.8. The molecule has 0 bridgehead atoms. The minimum Gasteiger partial charge on any atom is -0.462 e. The maximum atomic E-state index is 13.1. The molecule has 19 heteroatoms. The van der Waals surface area contributed by atoms with Gasteiger partial charge in [-0.05, 0) is 37.5 Å². The zero-order valence-electron chi connectivity index (χ0n) is 62.0. The highest BCUT2D eigenvalue weighted by molar-refractivity contribution is 7.47. The second-order valence-corrected chi connectivity index (χ2v) is 31.0. The van der Waals surface area contributed by atoms with Crippen LogP contribution in [0.2, 0.25) is 0 Å². The zero-order valence-corrected chi connectivity index (χ0v) is 63.8. The fourth-order valence-corrected chi connectivity index (χ4v) is 13.2. The second-order valence-electron chi connectivity index (χ2n) is 28.1. The molecule has 0 spiro atoms. The van der Waals surface area contributed by atoms with E-state index in [0.717, 1.165) is 108 Å². The summed E-state index contributed by atoms with van der Waals surface area (Å²) in [6.45, 7) is 9.52. The van der Waals surface area contributed by atoms with Crippen LogP contribution in [0, 0.1) is 11.8 Å². The largest absolute Gasteiger partial charge is 0.472 e. The molecule has 0 aromatic heterocycles. The minimum atomic E-state index is -4.96. The van der Waals surface area contributed by atoms with Gasteiger partial charge >= 0.3 is 39.5 Å². The molecule has 0 aliphatic heterocycles. The van der Waals surface area contributed by atoms with Gasteiger partial charge in [-0.3, -0.25) is 37.3 Å². The van der Waals surface area contributed by atoms with Crippen LogP contribution in [0.15, 0.2) is 0 Å². The summed E-state index contributed by atoms with van der Waals surface area (Å²) in [7, 11) is -9.91. The quantitative estimate of drug-likeness (QED) is 0.0222. The van der Waals surface area contributed by atoms with Crippen LogP contribution in [-0.4, -0.2) is 96.7 Å². The lowest BCUT2D eigenvalue weighted by Gasteiger charge is -2.21. The van der Waals surface area contributed by atoms with Crippen molar-refractivity contribution in [2.45, 2.75) is 413 Å². The molecule has 0 aromatic rings. The monoisotopic (exact) mass is 1400 g/mol. The van der Waals surface area contributed by atoms with Crippen molar-refractivity contribution >= 4 is 39.5 Å². The first-order valence-electron chi connectivity index (χ1n) is 39.5. The number of hydrogen-bond acceptors (Lipinski definition) is 15. The predicted molar refractivity (Wildman–Crippen MR) is 386 cm³/mol. The van der Waals surface area contributed by atoms with Gasteiger partial charge in [0.15, 0.2) is 12.2 Å². The molecule has 564 valence electrons. The molecule has 95 heavy (non-hydrogen) atoms. The van der Waals surface area contributed by atoms with E-state index in [4.69, 9.17) is 37.0 Å². The molecule has 3 N–H and O–H groups in total. The Kier molecular flexibility index (Phi) is 66.5. The van der Waals surface area contributed by atoms with Crippen molar-refractivity contribution in [1.82, 2.24) is 0 Å². The van der Waals surface area contributed by atoms with E-state index in [1.165, 1.54) is 205 Å². The number of aliphatic hydroxyl groups excluding tert-OH is 1. The summed E-state index contributed by atoms with van der Waals surface area (Å²) in [5, 5.41) is 10.6. The molecule has 3 unspecified atom stereocenters. The van der Waals surface area contributed by atoms with E-state index in [-0.39, 0.29) is 25.7 Å². The van der Waals surface area contributed by atoms with Crippen molar-refractivity contribution in [1.29, 1.82) is 0 Å². The van der Waals surface area contributed by atoms with Gasteiger partial charge in [-0.15, -0.1) is 0 Å². The fourth-order valence-electron chi connectivity index (χ4n) is 11.6. The molecule has 0 aliphatic carbocycles. The molecule has 0 heterocycles. The average molecular weight is 1400 g/mol. The van der Waals surface area contributed by atoms with Crippen LogP contribution in [-0.2, 0) is 65.4 Å². The van der Waals surface area contributed by atoms with Crippen LogP contribution < -0.4 is 0 Å². The maximum Gasteiger partial charge on any atom is 0.472 e. The van der Waals surface area contributed by atoms with E-state index >= 15 is 0 Å². The number of aliphatic hydroxyl groups is 1. The Hall–Kier alpha value is -1.94. The van der Waals surface area contributed by atoms with Crippen LogP contribution in [0.1, 0.15) is 395 Å². The van der Waals surface area contributed by atoms with Crippen molar-refractivity contribution in [2.75, 3.05) is 39.6 Å². The van der Waals surface area contributed by atoms with Crippen molar-refractivity contribution < 1.29 is 80.2 Å². The molecule has 0 aromatic carbocycles. The second kappa shape index (κ2) is 67.9. The van der Waals surface area contributed by atoms with Gasteiger partial charge in [-0.2, -0.15) is 0 Å². The maximum absolute atomic E-state index is 13.1. The van der Waals surface area contributed by atoms with Gasteiger partial charge < -0.3 is 33.8 Å². The highest BCUT2D eigenvalue weighted by atomic mass is 31.2. The van der Waals surface area contributed by atoms with Crippen LogP contribution in [0.4, 0.5) is 0 Å². The van der Waals surface area contributed by atoms with Gasteiger partial charge in [0.1, 0.15) is 19.3 Å². The van der Waals surface area contributed by atoms with Gasteiger partial charge in [0, 0.05) is 25.7 Å². The van der Waals surface area contributed by atoms with E-state index in [1.54, 1.807) is 0 Å². The Labute approximate surface area is 581 Å². The van der Waals surface area contributed by atoms with E-state index in [9.17, 15) is 43.2 Å². The number of hydrogen-bond donors (Lipinski definition) is 3.